The Morgan fingerprint density at radius 2 is 2.05 bits per heavy atom. The quantitative estimate of drug-likeness (QED) is 0.837. The molecule has 0 aliphatic heterocycles. The topological polar surface area (TPSA) is 55.1 Å². The van der Waals surface area contributed by atoms with Gasteiger partial charge in [0, 0.05) is 5.02 Å². The molecule has 0 unspecified atom stereocenters. The standard InChI is InChI=1S/C16H18Cl2N2O2/c1-4-5-12-14(16(21)22)15(9(2)3)20(19-12)13-8-10(17)6-7-11(13)18/h6-9H,4-5H2,1-3H3,(H,21,22). The lowest BCUT2D eigenvalue weighted by Gasteiger charge is -2.13. The Morgan fingerprint density at radius 1 is 1.36 bits per heavy atom. The van der Waals surface area contributed by atoms with Crippen molar-refractivity contribution >= 4 is 29.2 Å². The smallest absolute Gasteiger partial charge is 0.339 e. The summed E-state index contributed by atoms with van der Waals surface area (Å²) in [6.07, 6.45) is 1.42. The Kier molecular flexibility index (Phi) is 5.14. The molecule has 2 rings (SSSR count). The molecule has 118 valence electrons. The largest absolute Gasteiger partial charge is 0.478 e. The lowest BCUT2D eigenvalue weighted by Crippen LogP contribution is -2.09. The molecule has 0 fully saturated rings. The van der Waals surface area contributed by atoms with Crippen molar-refractivity contribution in [2.75, 3.05) is 0 Å². The van der Waals surface area contributed by atoms with Crippen molar-refractivity contribution < 1.29 is 9.90 Å². The number of nitrogens with zero attached hydrogens (tertiary/aromatic N) is 2. The van der Waals surface area contributed by atoms with E-state index in [4.69, 9.17) is 23.2 Å². The van der Waals surface area contributed by atoms with E-state index in [1.165, 1.54) is 0 Å². The number of carboxylic acids is 1. The van der Waals surface area contributed by atoms with Gasteiger partial charge in [0.25, 0.3) is 0 Å². The van der Waals surface area contributed by atoms with Gasteiger partial charge in [-0.05, 0) is 30.5 Å². The molecule has 0 aliphatic carbocycles. The third-order valence-electron chi connectivity index (χ3n) is 3.38. The normalized spacial score (nSPS) is 11.2. The summed E-state index contributed by atoms with van der Waals surface area (Å²) in [5.74, 6) is -0.976. The van der Waals surface area contributed by atoms with Crippen molar-refractivity contribution in [2.24, 2.45) is 0 Å². The first-order valence-electron chi connectivity index (χ1n) is 7.17. The first-order chi connectivity index (χ1) is 10.4. The van der Waals surface area contributed by atoms with Crippen molar-refractivity contribution in [3.63, 3.8) is 0 Å². The predicted molar refractivity (Wildman–Crippen MR) is 88.6 cm³/mol. The van der Waals surface area contributed by atoms with E-state index in [0.29, 0.717) is 33.5 Å². The summed E-state index contributed by atoms with van der Waals surface area (Å²) in [7, 11) is 0. The highest BCUT2D eigenvalue weighted by molar-refractivity contribution is 6.34. The molecule has 22 heavy (non-hydrogen) atoms. The van der Waals surface area contributed by atoms with Gasteiger partial charge in [0.05, 0.1) is 22.1 Å². The fourth-order valence-electron chi connectivity index (χ4n) is 2.49. The van der Waals surface area contributed by atoms with E-state index >= 15 is 0 Å². The number of benzene rings is 1. The molecule has 1 aromatic carbocycles. The van der Waals surface area contributed by atoms with Crippen LogP contribution in [0.4, 0.5) is 0 Å². The monoisotopic (exact) mass is 340 g/mol. The highest BCUT2D eigenvalue weighted by Gasteiger charge is 2.26. The summed E-state index contributed by atoms with van der Waals surface area (Å²) in [5, 5.41) is 15.1. The second kappa shape index (κ2) is 6.71. The van der Waals surface area contributed by atoms with Gasteiger partial charge in [-0.2, -0.15) is 5.10 Å². The van der Waals surface area contributed by atoms with Crippen LogP contribution in [0.3, 0.4) is 0 Å². The summed E-state index contributed by atoms with van der Waals surface area (Å²) < 4.78 is 1.62. The fourth-order valence-corrected chi connectivity index (χ4v) is 2.85. The second-order valence-corrected chi connectivity index (χ2v) is 6.27. The Labute approximate surface area is 139 Å². The zero-order chi connectivity index (χ0) is 16.4. The lowest BCUT2D eigenvalue weighted by molar-refractivity contribution is 0.0694. The van der Waals surface area contributed by atoms with E-state index < -0.39 is 5.97 Å². The molecule has 0 amide bonds. The molecule has 1 heterocycles. The van der Waals surface area contributed by atoms with Crippen LogP contribution >= 0.6 is 23.2 Å². The number of hydrogen-bond donors (Lipinski definition) is 1. The van der Waals surface area contributed by atoms with Crippen LogP contribution in [0.15, 0.2) is 18.2 Å². The maximum Gasteiger partial charge on any atom is 0.339 e. The number of rotatable bonds is 5. The highest BCUT2D eigenvalue weighted by Crippen LogP contribution is 2.31. The van der Waals surface area contributed by atoms with Gasteiger partial charge in [-0.25, -0.2) is 9.48 Å². The van der Waals surface area contributed by atoms with Crippen LogP contribution in [0.25, 0.3) is 5.69 Å². The van der Waals surface area contributed by atoms with Crippen LogP contribution in [0.1, 0.15) is 54.9 Å². The average molecular weight is 341 g/mol. The molecule has 0 bridgehead atoms. The highest BCUT2D eigenvalue weighted by atomic mass is 35.5. The number of carbonyl (C=O) groups is 1. The third-order valence-corrected chi connectivity index (χ3v) is 3.93. The molecule has 6 heteroatoms. The molecule has 1 aromatic heterocycles. The SMILES string of the molecule is CCCc1nn(-c2cc(Cl)ccc2Cl)c(C(C)C)c1C(=O)O. The fraction of sp³-hybridized carbons (Fsp3) is 0.375. The average Bonchev–Trinajstić information content (AvgIpc) is 2.81. The van der Waals surface area contributed by atoms with Gasteiger partial charge in [-0.3, -0.25) is 0 Å². The van der Waals surface area contributed by atoms with Crippen LogP contribution in [0, 0.1) is 0 Å². The van der Waals surface area contributed by atoms with E-state index in [1.807, 2.05) is 20.8 Å². The maximum absolute atomic E-state index is 11.7. The first-order valence-corrected chi connectivity index (χ1v) is 7.92. The maximum atomic E-state index is 11.7. The van der Waals surface area contributed by atoms with Crippen molar-refractivity contribution in [1.29, 1.82) is 0 Å². The van der Waals surface area contributed by atoms with E-state index in [1.54, 1.807) is 22.9 Å². The number of carboxylic acid groups (broad SMARTS) is 1. The van der Waals surface area contributed by atoms with Gasteiger partial charge < -0.3 is 5.11 Å². The van der Waals surface area contributed by atoms with E-state index in [0.717, 1.165) is 6.42 Å². The second-order valence-electron chi connectivity index (χ2n) is 5.42. The van der Waals surface area contributed by atoms with Crippen molar-refractivity contribution in [1.82, 2.24) is 9.78 Å². The van der Waals surface area contributed by atoms with E-state index in [-0.39, 0.29) is 11.5 Å². The van der Waals surface area contributed by atoms with Crippen LogP contribution in [-0.4, -0.2) is 20.9 Å². The van der Waals surface area contributed by atoms with Gasteiger partial charge in [0.1, 0.15) is 5.56 Å². The van der Waals surface area contributed by atoms with Crippen molar-refractivity contribution in [2.45, 2.75) is 39.5 Å². The van der Waals surface area contributed by atoms with E-state index in [9.17, 15) is 9.90 Å². The number of aromatic carboxylic acids is 1. The molecule has 2 aromatic rings. The van der Waals surface area contributed by atoms with Gasteiger partial charge in [-0.15, -0.1) is 0 Å². The van der Waals surface area contributed by atoms with Crippen LogP contribution < -0.4 is 0 Å². The van der Waals surface area contributed by atoms with Crippen LogP contribution in [0.5, 0.6) is 0 Å². The van der Waals surface area contributed by atoms with Gasteiger partial charge in [0.2, 0.25) is 0 Å². The summed E-state index contributed by atoms with van der Waals surface area (Å²) in [5.41, 5.74) is 2.09. The Hall–Kier alpha value is -1.52. The third kappa shape index (κ3) is 3.13. The molecule has 1 N–H and O–H groups in total. The number of hydrogen-bond acceptors (Lipinski definition) is 2. The van der Waals surface area contributed by atoms with Gasteiger partial charge >= 0.3 is 5.97 Å². The minimum Gasteiger partial charge on any atom is -0.478 e. The zero-order valence-corrected chi connectivity index (χ0v) is 14.2. The molecule has 0 saturated carbocycles. The molecule has 4 nitrogen and oxygen atoms in total. The first kappa shape index (κ1) is 16.8. The predicted octanol–water partition coefficient (Wildman–Crippen LogP) is 4.95. The molecular formula is C16H18Cl2N2O2. The summed E-state index contributed by atoms with van der Waals surface area (Å²) in [6.45, 7) is 5.87. The molecule has 0 spiro atoms. The number of aryl methyl sites for hydroxylation is 1. The van der Waals surface area contributed by atoms with E-state index in [2.05, 4.69) is 5.10 Å². The lowest BCUT2D eigenvalue weighted by atomic mass is 10.0. The number of halogens is 2. The van der Waals surface area contributed by atoms with Crippen LogP contribution in [0.2, 0.25) is 10.0 Å². The summed E-state index contributed by atoms with van der Waals surface area (Å²) in [4.78, 5) is 11.7. The van der Waals surface area contributed by atoms with Crippen molar-refractivity contribution in [3.8, 4) is 5.69 Å². The number of aromatic nitrogens is 2. The minimum atomic E-state index is -0.962. The van der Waals surface area contributed by atoms with Gasteiger partial charge in [0.15, 0.2) is 0 Å². The Bertz CT molecular complexity index is 708. The zero-order valence-electron chi connectivity index (χ0n) is 12.7. The van der Waals surface area contributed by atoms with Gasteiger partial charge in [-0.1, -0.05) is 50.4 Å². The summed E-state index contributed by atoms with van der Waals surface area (Å²) >= 11 is 12.3. The Morgan fingerprint density at radius 3 is 2.59 bits per heavy atom. The molecule has 0 atom stereocenters. The van der Waals surface area contributed by atoms with Crippen molar-refractivity contribution in [3.05, 3.63) is 45.2 Å². The molecule has 0 saturated heterocycles. The van der Waals surface area contributed by atoms with Crippen LogP contribution in [-0.2, 0) is 6.42 Å². The Balaban J connectivity index is 2.77. The molecule has 0 aliphatic rings. The molecule has 0 radical (unpaired) electrons. The minimum absolute atomic E-state index is 0.0146. The summed E-state index contributed by atoms with van der Waals surface area (Å²) in [6, 6.07) is 5.08. The molecular weight excluding hydrogens is 323 g/mol.